The Morgan fingerprint density at radius 3 is 2.94 bits per heavy atom. The van der Waals surface area contributed by atoms with E-state index in [-0.39, 0.29) is 18.2 Å². The average Bonchev–Trinajstić information content (AvgIpc) is 2.26. The second kappa shape index (κ2) is 7.06. The van der Waals surface area contributed by atoms with E-state index in [2.05, 4.69) is 11.9 Å². The molecule has 5 heteroatoms. The van der Waals surface area contributed by atoms with Gasteiger partial charge in [-0.15, -0.1) is 6.58 Å². The first kappa shape index (κ1) is 13.7. The van der Waals surface area contributed by atoms with E-state index >= 15 is 0 Å². The van der Waals surface area contributed by atoms with Crippen molar-refractivity contribution in [2.24, 2.45) is 5.92 Å². The molecule has 96 valence electrons. The van der Waals surface area contributed by atoms with E-state index in [9.17, 15) is 9.59 Å². The zero-order chi connectivity index (χ0) is 12.7. The number of amides is 1. The number of hydrogen-bond acceptors (Lipinski definition) is 3. The van der Waals surface area contributed by atoms with E-state index in [0.29, 0.717) is 19.6 Å². The standard InChI is InChI=1S/C12H20N2O3/c1-2-5-13-11(15)9-14-6-3-4-10(8-14)7-12(16)17/h2,10H,1,3-9H2,(H,13,15)(H,16,17). The van der Waals surface area contributed by atoms with E-state index in [1.54, 1.807) is 6.08 Å². The molecule has 0 radical (unpaired) electrons. The number of carboxylic acid groups (broad SMARTS) is 1. The molecule has 0 aliphatic carbocycles. The van der Waals surface area contributed by atoms with Crippen molar-refractivity contribution in [1.29, 1.82) is 0 Å². The van der Waals surface area contributed by atoms with Gasteiger partial charge in [0.2, 0.25) is 5.91 Å². The Morgan fingerprint density at radius 2 is 2.29 bits per heavy atom. The summed E-state index contributed by atoms with van der Waals surface area (Å²) in [5, 5.41) is 11.5. The van der Waals surface area contributed by atoms with Crippen molar-refractivity contribution in [1.82, 2.24) is 10.2 Å². The first-order valence-corrected chi connectivity index (χ1v) is 5.93. The Kier molecular flexibility index (Phi) is 5.69. The SMILES string of the molecule is C=CCNC(=O)CN1CCCC(CC(=O)O)C1. The van der Waals surface area contributed by atoms with Crippen molar-refractivity contribution in [3.8, 4) is 0 Å². The normalized spacial score (nSPS) is 20.8. The molecule has 0 aromatic carbocycles. The van der Waals surface area contributed by atoms with E-state index in [1.807, 2.05) is 4.90 Å². The summed E-state index contributed by atoms with van der Waals surface area (Å²) in [6.07, 6.45) is 3.75. The molecule has 2 N–H and O–H groups in total. The lowest BCUT2D eigenvalue weighted by Crippen LogP contribution is -2.42. The molecule has 0 bridgehead atoms. The summed E-state index contributed by atoms with van der Waals surface area (Å²) in [5.74, 6) is -0.609. The van der Waals surface area contributed by atoms with Crippen LogP contribution in [-0.2, 0) is 9.59 Å². The maximum absolute atomic E-state index is 11.5. The molecule has 1 atom stereocenters. The maximum Gasteiger partial charge on any atom is 0.303 e. The first-order valence-electron chi connectivity index (χ1n) is 5.93. The minimum Gasteiger partial charge on any atom is -0.481 e. The van der Waals surface area contributed by atoms with Gasteiger partial charge in [0.25, 0.3) is 0 Å². The Balaban J connectivity index is 2.31. The second-order valence-electron chi connectivity index (χ2n) is 4.43. The van der Waals surface area contributed by atoms with Crippen LogP contribution in [-0.4, -0.2) is 48.1 Å². The lowest BCUT2D eigenvalue weighted by atomic mass is 9.95. The van der Waals surface area contributed by atoms with Gasteiger partial charge in [-0.1, -0.05) is 6.08 Å². The summed E-state index contributed by atoms with van der Waals surface area (Å²) in [4.78, 5) is 24.1. The third kappa shape index (κ3) is 5.49. The van der Waals surface area contributed by atoms with Gasteiger partial charge < -0.3 is 10.4 Å². The molecule has 1 saturated heterocycles. The van der Waals surface area contributed by atoms with Crippen molar-refractivity contribution < 1.29 is 14.7 Å². The van der Waals surface area contributed by atoms with Gasteiger partial charge >= 0.3 is 5.97 Å². The highest BCUT2D eigenvalue weighted by Crippen LogP contribution is 2.19. The van der Waals surface area contributed by atoms with E-state index in [4.69, 9.17) is 5.11 Å². The van der Waals surface area contributed by atoms with Crippen molar-refractivity contribution in [2.75, 3.05) is 26.2 Å². The van der Waals surface area contributed by atoms with Crippen LogP contribution in [0.4, 0.5) is 0 Å². The molecular formula is C12H20N2O3. The molecule has 1 unspecified atom stereocenters. The number of rotatable bonds is 6. The number of carbonyl (C=O) groups excluding carboxylic acids is 1. The highest BCUT2D eigenvalue weighted by molar-refractivity contribution is 5.78. The molecule has 1 rings (SSSR count). The van der Waals surface area contributed by atoms with Crippen molar-refractivity contribution in [2.45, 2.75) is 19.3 Å². The Morgan fingerprint density at radius 1 is 1.53 bits per heavy atom. The predicted octanol–water partition coefficient (Wildman–Crippen LogP) is 0.475. The summed E-state index contributed by atoms with van der Waals surface area (Å²) < 4.78 is 0. The summed E-state index contributed by atoms with van der Waals surface area (Å²) in [5.41, 5.74) is 0. The minimum atomic E-state index is -0.757. The molecule has 1 amide bonds. The van der Waals surface area contributed by atoms with Gasteiger partial charge in [-0.25, -0.2) is 0 Å². The monoisotopic (exact) mass is 240 g/mol. The van der Waals surface area contributed by atoms with Gasteiger partial charge in [0.1, 0.15) is 0 Å². The van der Waals surface area contributed by atoms with Crippen LogP contribution >= 0.6 is 0 Å². The molecule has 0 aromatic rings. The van der Waals surface area contributed by atoms with Gasteiger partial charge in [-0.2, -0.15) is 0 Å². The summed E-state index contributed by atoms with van der Waals surface area (Å²) in [6.45, 7) is 5.93. The predicted molar refractivity (Wildman–Crippen MR) is 64.6 cm³/mol. The van der Waals surface area contributed by atoms with Gasteiger partial charge in [-0.05, 0) is 25.3 Å². The molecule has 1 aliphatic rings. The Bertz CT molecular complexity index is 291. The topological polar surface area (TPSA) is 69.6 Å². The second-order valence-corrected chi connectivity index (χ2v) is 4.43. The average molecular weight is 240 g/mol. The van der Waals surface area contributed by atoms with Crippen molar-refractivity contribution in [3.63, 3.8) is 0 Å². The molecule has 0 aromatic heterocycles. The summed E-state index contributed by atoms with van der Waals surface area (Å²) in [7, 11) is 0. The van der Waals surface area contributed by atoms with E-state index in [0.717, 1.165) is 19.4 Å². The number of carbonyl (C=O) groups is 2. The van der Waals surface area contributed by atoms with Gasteiger partial charge in [-0.3, -0.25) is 14.5 Å². The van der Waals surface area contributed by atoms with Crippen LogP contribution in [0.5, 0.6) is 0 Å². The molecule has 1 fully saturated rings. The van der Waals surface area contributed by atoms with Gasteiger partial charge in [0.15, 0.2) is 0 Å². The van der Waals surface area contributed by atoms with Crippen LogP contribution in [0.25, 0.3) is 0 Å². The number of likely N-dealkylation sites (tertiary alicyclic amines) is 1. The van der Waals surface area contributed by atoms with Gasteiger partial charge in [0.05, 0.1) is 6.54 Å². The van der Waals surface area contributed by atoms with Crippen molar-refractivity contribution in [3.05, 3.63) is 12.7 Å². The molecule has 5 nitrogen and oxygen atoms in total. The number of hydrogen-bond donors (Lipinski definition) is 2. The van der Waals surface area contributed by atoms with Crippen LogP contribution < -0.4 is 5.32 Å². The summed E-state index contributed by atoms with van der Waals surface area (Å²) >= 11 is 0. The largest absolute Gasteiger partial charge is 0.481 e. The number of aliphatic carboxylic acids is 1. The summed E-state index contributed by atoms with van der Waals surface area (Å²) in [6, 6.07) is 0. The van der Waals surface area contributed by atoms with Crippen molar-refractivity contribution >= 4 is 11.9 Å². The fourth-order valence-electron chi connectivity index (χ4n) is 2.15. The zero-order valence-corrected chi connectivity index (χ0v) is 10.0. The van der Waals surface area contributed by atoms with E-state index < -0.39 is 5.97 Å². The number of carboxylic acids is 1. The lowest BCUT2D eigenvalue weighted by molar-refractivity contribution is -0.138. The van der Waals surface area contributed by atoms with Crippen LogP contribution in [0.2, 0.25) is 0 Å². The Labute approximate surface area is 101 Å². The van der Waals surface area contributed by atoms with Crippen LogP contribution in [0.3, 0.4) is 0 Å². The van der Waals surface area contributed by atoms with Crippen LogP contribution in [0.15, 0.2) is 12.7 Å². The van der Waals surface area contributed by atoms with Crippen LogP contribution in [0, 0.1) is 5.92 Å². The van der Waals surface area contributed by atoms with Crippen LogP contribution in [0.1, 0.15) is 19.3 Å². The highest BCUT2D eigenvalue weighted by Gasteiger charge is 2.23. The first-order chi connectivity index (χ1) is 8.11. The third-order valence-electron chi connectivity index (χ3n) is 2.88. The van der Waals surface area contributed by atoms with Gasteiger partial charge in [0, 0.05) is 19.5 Å². The number of nitrogens with one attached hydrogen (secondary N) is 1. The molecule has 1 heterocycles. The fourth-order valence-corrected chi connectivity index (χ4v) is 2.15. The highest BCUT2D eigenvalue weighted by atomic mass is 16.4. The molecule has 17 heavy (non-hydrogen) atoms. The third-order valence-corrected chi connectivity index (χ3v) is 2.88. The molecule has 1 aliphatic heterocycles. The quantitative estimate of drug-likeness (QED) is 0.662. The van der Waals surface area contributed by atoms with E-state index in [1.165, 1.54) is 0 Å². The minimum absolute atomic E-state index is 0.0270. The molecule has 0 saturated carbocycles. The fraction of sp³-hybridized carbons (Fsp3) is 0.667. The lowest BCUT2D eigenvalue weighted by Gasteiger charge is -2.31. The smallest absolute Gasteiger partial charge is 0.303 e. The molecule has 0 spiro atoms. The Hall–Kier alpha value is -1.36. The number of piperidine rings is 1. The molecular weight excluding hydrogens is 220 g/mol. The maximum atomic E-state index is 11.5. The zero-order valence-electron chi connectivity index (χ0n) is 10.0. The number of nitrogens with zero attached hydrogens (tertiary/aromatic N) is 1.